The van der Waals surface area contributed by atoms with Gasteiger partial charge < -0.3 is 4.74 Å². The van der Waals surface area contributed by atoms with E-state index in [1.807, 2.05) is 37.3 Å². The Bertz CT molecular complexity index is 543. The van der Waals surface area contributed by atoms with Crippen LogP contribution in [0.2, 0.25) is 0 Å². The first kappa shape index (κ1) is 13.6. The van der Waals surface area contributed by atoms with E-state index < -0.39 is 0 Å². The van der Waals surface area contributed by atoms with Gasteiger partial charge in [0.2, 0.25) is 0 Å². The zero-order valence-electron chi connectivity index (χ0n) is 9.99. The third-order valence-corrected chi connectivity index (χ3v) is 3.89. The zero-order chi connectivity index (χ0) is 13.0. The van der Waals surface area contributed by atoms with Gasteiger partial charge in [0, 0.05) is 17.1 Å². The average molecular weight is 371 g/mol. The first-order chi connectivity index (χ1) is 8.72. The van der Waals surface area contributed by atoms with Gasteiger partial charge in [0.15, 0.2) is 0 Å². The monoisotopic (exact) mass is 369 g/mol. The van der Waals surface area contributed by atoms with Crippen molar-refractivity contribution in [1.82, 2.24) is 4.98 Å². The quantitative estimate of drug-likeness (QED) is 0.732. The molecule has 1 heterocycles. The number of aromatic nitrogens is 1. The Hall–Kier alpha value is -0.870. The second kappa shape index (κ2) is 6.34. The molecule has 0 aliphatic rings. The van der Waals surface area contributed by atoms with Gasteiger partial charge in [0.1, 0.15) is 12.4 Å². The maximum Gasteiger partial charge on any atom is 0.138 e. The third-order valence-electron chi connectivity index (χ3n) is 2.66. The molecule has 2 aromatic rings. The summed E-state index contributed by atoms with van der Waals surface area (Å²) in [5.41, 5.74) is 3.23. The number of benzene rings is 1. The number of para-hydroxylation sites is 1. The van der Waals surface area contributed by atoms with Gasteiger partial charge in [-0.1, -0.05) is 34.1 Å². The van der Waals surface area contributed by atoms with Gasteiger partial charge in [0.25, 0.3) is 0 Å². The highest BCUT2D eigenvalue weighted by Crippen LogP contribution is 2.31. The molecule has 0 radical (unpaired) electrons. The van der Waals surface area contributed by atoms with E-state index in [2.05, 4.69) is 36.8 Å². The van der Waals surface area contributed by atoms with Crippen molar-refractivity contribution in [3.8, 4) is 5.75 Å². The average Bonchev–Trinajstić information content (AvgIpc) is 2.39. The summed E-state index contributed by atoms with van der Waals surface area (Å²) < 4.78 is 6.85. The molecule has 0 fully saturated rings. The highest BCUT2D eigenvalue weighted by atomic mass is 79.9. The minimum atomic E-state index is 0.481. The smallest absolute Gasteiger partial charge is 0.138 e. The van der Waals surface area contributed by atoms with Gasteiger partial charge in [-0.15, -0.1) is 0 Å². The van der Waals surface area contributed by atoms with Gasteiger partial charge >= 0.3 is 0 Å². The van der Waals surface area contributed by atoms with Crippen LogP contribution in [0.3, 0.4) is 0 Å². The fourth-order valence-electron chi connectivity index (χ4n) is 1.63. The number of ether oxygens (including phenoxy) is 1. The van der Waals surface area contributed by atoms with E-state index in [-0.39, 0.29) is 0 Å². The van der Waals surface area contributed by atoms with Crippen LogP contribution in [-0.4, -0.2) is 4.98 Å². The van der Waals surface area contributed by atoms with E-state index in [0.29, 0.717) is 6.61 Å². The van der Waals surface area contributed by atoms with E-state index in [0.717, 1.165) is 32.4 Å². The lowest BCUT2D eigenvalue weighted by Crippen LogP contribution is -2.02. The van der Waals surface area contributed by atoms with Crippen LogP contribution in [0.4, 0.5) is 0 Å². The van der Waals surface area contributed by atoms with Crippen LogP contribution in [-0.2, 0) is 11.9 Å². The number of hydrogen-bond acceptors (Lipinski definition) is 2. The van der Waals surface area contributed by atoms with Crippen molar-refractivity contribution in [3.05, 3.63) is 57.8 Å². The summed E-state index contributed by atoms with van der Waals surface area (Å²) in [5.74, 6) is 0.874. The minimum Gasteiger partial charge on any atom is -0.486 e. The molecule has 1 aromatic heterocycles. The number of alkyl halides is 1. The van der Waals surface area contributed by atoms with Gasteiger partial charge in [-0.2, -0.15) is 0 Å². The predicted octanol–water partition coefficient (Wildman–Crippen LogP) is 4.63. The molecule has 0 aliphatic carbocycles. The molecule has 0 saturated heterocycles. The summed E-state index contributed by atoms with van der Waals surface area (Å²) in [6.45, 7) is 2.52. The summed E-state index contributed by atoms with van der Waals surface area (Å²) in [6, 6.07) is 9.99. The van der Waals surface area contributed by atoms with E-state index in [1.54, 1.807) is 6.20 Å². The summed E-state index contributed by atoms with van der Waals surface area (Å²) in [7, 11) is 0. The Morgan fingerprint density at radius 2 is 2.06 bits per heavy atom. The predicted molar refractivity (Wildman–Crippen MR) is 80.1 cm³/mol. The van der Waals surface area contributed by atoms with Crippen LogP contribution in [0.1, 0.15) is 16.8 Å². The fraction of sp³-hybridized carbons (Fsp3) is 0.214. The fourth-order valence-corrected chi connectivity index (χ4v) is 2.59. The molecular formula is C14H13Br2NO. The van der Waals surface area contributed by atoms with E-state index >= 15 is 0 Å². The molecule has 0 atom stereocenters. The van der Waals surface area contributed by atoms with Gasteiger partial charge in [-0.25, -0.2) is 0 Å². The molecule has 0 saturated carbocycles. The number of aryl methyl sites for hydroxylation is 1. The van der Waals surface area contributed by atoms with Crippen LogP contribution >= 0.6 is 31.9 Å². The Labute approximate surface area is 124 Å². The maximum atomic E-state index is 5.89. The molecule has 18 heavy (non-hydrogen) atoms. The standard InChI is InChI=1S/C14H13Br2NO/c1-10-4-3-7-17-13(10)9-18-14-11(8-15)5-2-6-12(14)16/h2-7H,8-9H2,1H3. The molecule has 0 aliphatic heterocycles. The van der Waals surface area contributed by atoms with Crippen LogP contribution in [0.15, 0.2) is 41.0 Å². The molecule has 0 amide bonds. The van der Waals surface area contributed by atoms with Crippen molar-refractivity contribution in [2.45, 2.75) is 18.9 Å². The van der Waals surface area contributed by atoms with Crippen molar-refractivity contribution in [2.75, 3.05) is 0 Å². The Morgan fingerprint density at radius 1 is 1.22 bits per heavy atom. The SMILES string of the molecule is Cc1cccnc1COc1c(Br)cccc1CBr. The van der Waals surface area contributed by atoms with Crippen molar-refractivity contribution >= 4 is 31.9 Å². The van der Waals surface area contributed by atoms with Crippen LogP contribution < -0.4 is 4.74 Å². The van der Waals surface area contributed by atoms with Gasteiger partial charge in [0.05, 0.1) is 10.2 Å². The molecule has 0 unspecified atom stereocenters. The van der Waals surface area contributed by atoms with Crippen molar-refractivity contribution in [3.63, 3.8) is 0 Å². The highest BCUT2D eigenvalue weighted by molar-refractivity contribution is 9.10. The second-order valence-corrected chi connectivity index (χ2v) is 5.33. The molecular weight excluding hydrogens is 358 g/mol. The second-order valence-electron chi connectivity index (χ2n) is 3.92. The largest absolute Gasteiger partial charge is 0.486 e. The van der Waals surface area contributed by atoms with Gasteiger partial charge in [-0.3, -0.25) is 4.98 Å². The summed E-state index contributed by atoms with van der Waals surface area (Å²) in [6.07, 6.45) is 1.79. The molecule has 0 spiro atoms. The highest BCUT2D eigenvalue weighted by Gasteiger charge is 2.08. The molecule has 2 rings (SSSR count). The zero-order valence-corrected chi connectivity index (χ0v) is 13.2. The molecule has 2 nitrogen and oxygen atoms in total. The molecule has 4 heteroatoms. The first-order valence-electron chi connectivity index (χ1n) is 5.59. The summed E-state index contributed by atoms with van der Waals surface area (Å²) in [5, 5.41) is 0.767. The topological polar surface area (TPSA) is 22.1 Å². The number of rotatable bonds is 4. The Balaban J connectivity index is 2.18. The molecule has 0 N–H and O–H groups in total. The minimum absolute atomic E-state index is 0.481. The molecule has 94 valence electrons. The van der Waals surface area contributed by atoms with Crippen LogP contribution in [0.25, 0.3) is 0 Å². The Kier molecular flexibility index (Phi) is 4.78. The number of nitrogens with zero attached hydrogens (tertiary/aromatic N) is 1. The number of halogens is 2. The molecule has 1 aromatic carbocycles. The normalized spacial score (nSPS) is 10.4. The van der Waals surface area contributed by atoms with Crippen molar-refractivity contribution in [2.24, 2.45) is 0 Å². The lowest BCUT2D eigenvalue weighted by Gasteiger charge is -2.12. The summed E-state index contributed by atoms with van der Waals surface area (Å²) >= 11 is 6.98. The van der Waals surface area contributed by atoms with E-state index in [9.17, 15) is 0 Å². The maximum absolute atomic E-state index is 5.89. The Morgan fingerprint density at radius 3 is 2.78 bits per heavy atom. The summed E-state index contributed by atoms with van der Waals surface area (Å²) in [4.78, 5) is 4.33. The van der Waals surface area contributed by atoms with E-state index in [4.69, 9.17) is 4.74 Å². The third kappa shape index (κ3) is 3.12. The first-order valence-corrected chi connectivity index (χ1v) is 7.50. The van der Waals surface area contributed by atoms with Gasteiger partial charge in [-0.05, 0) is 40.5 Å². The lowest BCUT2D eigenvalue weighted by molar-refractivity contribution is 0.296. The number of pyridine rings is 1. The van der Waals surface area contributed by atoms with Crippen LogP contribution in [0.5, 0.6) is 5.75 Å². The van der Waals surface area contributed by atoms with Crippen LogP contribution in [0, 0.1) is 6.92 Å². The van der Waals surface area contributed by atoms with Crippen molar-refractivity contribution < 1.29 is 4.74 Å². The van der Waals surface area contributed by atoms with Crippen molar-refractivity contribution in [1.29, 1.82) is 0 Å². The van der Waals surface area contributed by atoms with E-state index in [1.165, 1.54) is 0 Å². The lowest BCUT2D eigenvalue weighted by atomic mass is 10.2. The molecule has 0 bridgehead atoms. The number of hydrogen-bond donors (Lipinski definition) is 0.